The van der Waals surface area contributed by atoms with Crippen LogP contribution in [-0.2, 0) is 17.8 Å². The number of hydrogen-bond acceptors (Lipinski definition) is 1. The zero-order chi connectivity index (χ0) is 21.6. The van der Waals surface area contributed by atoms with Crippen LogP contribution in [0.5, 0.6) is 0 Å². The number of nitrogens with zero attached hydrogens (tertiary/aromatic N) is 1. The minimum Gasteiger partial charge on any atom is -0.355 e. The third-order valence-electron chi connectivity index (χ3n) is 5.94. The molecule has 3 aromatic carbocycles. The lowest BCUT2D eigenvalue weighted by atomic mass is 10.0. The van der Waals surface area contributed by atoms with E-state index < -0.39 is 0 Å². The van der Waals surface area contributed by atoms with E-state index >= 15 is 0 Å². The molecule has 1 N–H and O–H groups in total. The molecule has 1 amide bonds. The summed E-state index contributed by atoms with van der Waals surface area (Å²) in [5.74, 6) is 0.416. The van der Waals surface area contributed by atoms with Crippen LogP contribution >= 0.6 is 0 Å². The lowest BCUT2D eigenvalue weighted by Gasteiger charge is -2.13. The lowest BCUT2D eigenvalue weighted by molar-refractivity contribution is -0.121. The zero-order valence-electron chi connectivity index (χ0n) is 18.3. The van der Waals surface area contributed by atoms with E-state index in [-0.39, 0.29) is 5.91 Å². The van der Waals surface area contributed by atoms with Gasteiger partial charge in [0.15, 0.2) is 0 Å². The summed E-state index contributed by atoms with van der Waals surface area (Å²) in [5, 5.41) is 4.34. The third-order valence-corrected chi connectivity index (χ3v) is 5.94. The maximum atomic E-state index is 12.5. The van der Waals surface area contributed by atoms with Gasteiger partial charge in [0.05, 0.1) is 0 Å². The molecule has 0 fully saturated rings. The number of aryl methyl sites for hydroxylation is 2. The predicted molar refractivity (Wildman–Crippen MR) is 128 cm³/mol. The van der Waals surface area contributed by atoms with Crippen LogP contribution in [0.4, 0.5) is 0 Å². The highest BCUT2D eigenvalue weighted by Gasteiger charge is 2.12. The molecule has 4 rings (SSSR count). The Balaban J connectivity index is 1.40. The number of benzene rings is 3. The number of hydrogen-bond donors (Lipinski definition) is 1. The molecule has 4 aromatic rings. The van der Waals surface area contributed by atoms with E-state index in [4.69, 9.17) is 0 Å². The van der Waals surface area contributed by atoms with E-state index in [0.29, 0.717) is 18.9 Å². The first-order valence-electron chi connectivity index (χ1n) is 11.0. The Morgan fingerprint density at radius 2 is 1.65 bits per heavy atom. The Bertz CT molecular complexity index is 1140. The first-order chi connectivity index (χ1) is 15.1. The Labute approximate surface area is 184 Å². The number of fused-ring (bicyclic) bond motifs is 1. The number of amides is 1. The molecule has 0 bridgehead atoms. The maximum Gasteiger partial charge on any atom is 0.220 e. The molecule has 0 saturated carbocycles. The summed E-state index contributed by atoms with van der Waals surface area (Å²) < 4.78 is 2.30. The molecule has 0 saturated heterocycles. The van der Waals surface area contributed by atoms with Gasteiger partial charge in [-0.15, -0.1) is 0 Å². The summed E-state index contributed by atoms with van der Waals surface area (Å²) in [7, 11) is 0. The van der Waals surface area contributed by atoms with E-state index in [1.54, 1.807) is 0 Å². The second-order valence-corrected chi connectivity index (χ2v) is 8.40. The molecule has 0 radical (unpaired) electrons. The number of para-hydroxylation sites is 1. The Morgan fingerprint density at radius 3 is 2.42 bits per heavy atom. The van der Waals surface area contributed by atoms with Crippen LogP contribution in [-0.4, -0.2) is 17.0 Å². The Kier molecular flexibility index (Phi) is 6.51. The molecule has 0 aliphatic rings. The summed E-state index contributed by atoms with van der Waals surface area (Å²) in [6.45, 7) is 5.76. The fraction of sp³-hybridized carbons (Fsp3) is 0.250. The van der Waals surface area contributed by atoms with Crippen molar-refractivity contribution in [3.05, 3.63) is 107 Å². The summed E-state index contributed by atoms with van der Waals surface area (Å²) in [6, 6.07) is 27.5. The monoisotopic (exact) mass is 410 g/mol. The molecular formula is C28H30N2O. The fourth-order valence-corrected chi connectivity index (χ4v) is 4.05. The number of carbonyl (C=O) groups excluding carboxylic acids is 1. The first-order valence-corrected chi connectivity index (χ1v) is 11.0. The minimum atomic E-state index is 0.109. The van der Waals surface area contributed by atoms with Gasteiger partial charge in [-0.3, -0.25) is 4.79 Å². The van der Waals surface area contributed by atoms with Crippen LogP contribution in [0.15, 0.2) is 85.1 Å². The van der Waals surface area contributed by atoms with E-state index in [9.17, 15) is 4.79 Å². The summed E-state index contributed by atoms with van der Waals surface area (Å²) in [5.41, 5.74) is 6.26. The predicted octanol–water partition coefficient (Wildman–Crippen LogP) is 5.85. The van der Waals surface area contributed by atoms with Crippen molar-refractivity contribution in [2.24, 2.45) is 0 Å². The van der Waals surface area contributed by atoms with Crippen LogP contribution in [0, 0.1) is 6.92 Å². The molecule has 0 unspecified atom stereocenters. The van der Waals surface area contributed by atoms with Gasteiger partial charge in [0.2, 0.25) is 5.91 Å². The van der Waals surface area contributed by atoms with E-state index in [0.717, 1.165) is 13.0 Å². The Hall–Kier alpha value is -3.33. The van der Waals surface area contributed by atoms with Crippen molar-refractivity contribution in [1.29, 1.82) is 0 Å². The SMILES string of the molecule is Cc1ccc(Cn2cc(CCC(=O)NC[C@H](C)c3ccccc3)c3ccccc32)cc1. The number of nitrogens with one attached hydrogen (secondary N) is 1. The number of aromatic nitrogens is 1. The van der Waals surface area contributed by atoms with Gasteiger partial charge in [-0.05, 0) is 42.0 Å². The molecule has 3 heteroatoms. The minimum absolute atomic E-state index is 0.109. The molecule has 31 heavy (non-hydrogen) atoms. The van der Waals surface area contributed by atoms with Crippen LogP contribution in [0.3, 0.4) is 0 Å². The largest absolute Gasteiger partial charge is 0.355 e. The molecule has 0 spiro atoms. The van der Waals surface area contributed by atoms with Crippen LogP contribution in [0.25, 0.3) is 10.9 Å². The zero-order valence-corrected chi connectivity index (χ0v) is 18.3. The highest BCUT2D eigenvalue weighted by Crippen LogP contribution is 2.24. The van der Waals surface area contributed by atoms with Gasteiger partial charge in [-0.1, -0.05) is 85.3 Å². The molecule has 3 nitrogen and oxygen atoms in total. The van der Waals surface area contributed by atoms with Crippen molar-refractivity contribution in [2.75, 3.05) is 6.54 Å². The van der Waals surface area contributed by atoms with Crippen molar-refractivity contribution < 1.29 is 4.79 Å². The van der Waals surface area contributed by atoms with Gasteiger partial charge in [0.1, 0.15) is 0 Å². The standard InChI is InChI=1S/C28H30N2O/c1-21-12-14-23(15-13-21)19-30-20-25(26-10-6-7-11-27(26)30)16-17-28(31)29-18-22(2)24-8-4-3-5-9-24/h3-15,20,22H,16-19H2,1-2H3,(H,29,31)/t22-/m0/s1. The highest BCUT2D eigenvalue weighted by atomic mass is 16.1. The van der Waals surface area contributed by atoms with Gasteiger partial charge in [0.25, 0.3) is 0 Å². The van der Waals surface area contributed by atoms with Crippen LogP contribution < -0.4 is 5.32 Å². The van der Waals surface area contributed by atoms with Crippen LogP contribution in [0.1, 0.15) is 41.5 Å². The van der Waals surface area contributed by atoms with Crippen molar-refractivity contribution in [3.63, 3.8) is 0 Å². The highest BCUT2D eigenvalue weighted by molar-refractivity contribution is 5.85. The molecule has 0 aliphatic heterocycles. The summed E-state index contributed by atoms with van der Waals surface area (Å²) >= 11 is 0. The third kappa shape index (κ3) is 5.24. The molecular weight excluding hydrogens is 380 g/mol. The smallest absolute Gasteiger partial charge is 0.220 e. The molecule has 1 aromatic heterocycles. The second-order valence-electron chi connectivity index (χ2n) is 8.40. The Morgan fingerprint density at radius 1 is 0.935 bits per heavy atom. The summed E-state index contributed by atoms with van der Waals surface area (Å²) in [4.78, 5) is 12.5. The van der Waals surface area contributed by atoms with Gasteiger partial charge in [-0.25, -0.2) is 0 Å². The van der Waals surface area contributed by atoms with Crippen molar-refractivity contribution >= 4 is 16.8 Å². The van der Waals surface area contributed by atoms with Gasteiger partial charge in [0, 0.05) is 36.6 Å². The number of carbonyl (C=O) groups is 1. The van der Waals surface area contributed by atoms with E-state index in [1.165, 1.54) is 33.2 Å². The topological polar surface area (TPSA) is 34.0 Å². The van der Waals surface area contributed by atoms with Crippen molar-refractivity contribution in [1.82, 2.24) is 9.88 Å². The van der Waals surface area contributed by atoms with Gasteiger partial charge >= 0.3 is 0 Å². The first kappa shape index (κ1) is 20.9. The van der Waals surface area contributed by atoms with Gasteiger partial charge < -0.3 is 9.88 Å². The second kappa shape index (κ2) is 9.65. The lowest BCUT2D eigenvalue weighted by Crippen LogP contribution is -2.27. The van der Waals surface area contributed by atoms with Crippen molar-refractivity contribution in [3.8, 4) is 0 Å². The quantitative estimate of drug-likeness (QED) is 0.388. The summed E-state index contributed by atoms with van der Waals surface area (Å²) in [6.07, 6.45) is 3.46. The van der Waals surface area contributed by atoms with E-state index in [1.807, 2.05) is 18.2 Å². The average molecular weight is 411 g/mol. The molecule has 0 aliphatic carbocycles. The number of rotatable bonds is 8. The van der Waals surface area contributed by atoms with Crippen molar-refractivity contribution in [2.45, 2.75) is 39.2 Å². The molecule has 1 atom stereocenters. The van der Waals surface area contributed by atoms with E-state index in [2.05, 4.69) is 90.6 Å². The maximum absolute atomic E-state index is 12.5. The van der Waals surface area contributed by atoms with Gasteiger partial charge in [-0.2, -0.15) is 0 Å². The normalized spacial score (nSPS) is 12.1. The average Bonchev–Trinajstić information content (AvgIpc) is 3.15. The molecule has 158 valence electrons. The molecule has 1 heterocycles. The van der Waals surface area contributed by atoms with Crippen LogP contribution in [0.2, 0.25) is 0 Å². The fourth-order valence-electron chi connectivity index (χ4n) is 4.05.